The second kappa shape index (κ2) is 6.34. The summed E-state index contributed by atoms with van der Waals surface area (Å²) >= 11 is 3.47. The molecular formula is C15H19BrN2O3. The van der Waals surface area contributed by atoms with E-state index in [-0.39, 0.29) is 11.8 Å². The summed E-state index contributed by atoms with van der Waals surface area (Å²) in [5, 5.41) is 10.4. The van der Waals surface area contributed by atoms with E-state index in [2.05, 4.69) is 25.9 Å². The van der Waals surface area contributed by atoms with Crippen LogP contribution in [-0.2, 0) is 4.74 Å². The highest BCUT2D eigenvalue weighted by molar-refractivity contribution is 9.10. The van der Waals surface area contributed by atoms with Crippen LogP contribution in [0.2, 0.25) is 0 Å². The van der Waals surface area contributed by atoms with E-state index in [1.807, 2.05) is 12.1 Å². The van der Waals surface area contributed by atoms with Crippen LogP contribution < -0.4 is 5.69 Å². The van der Waals surface area contributed by atoms with Gasteiger partial charge in [-0.1, -0.05) is 15.9 Å². The number of nitrogens with one attached hydrogen (secondary N) is 2. The van der Waals surface area contributed by atoms with Gasteiger partial charge in [-0.2, -0.15) is 0 Å². The Morgan fingerprint density at radius 2 is 2.10 bits per heavy atom. The van der Waals surface area contributed by atoms with Gasteiger partial charge in [0.15, 0.2) is 0 Å². The quantitative estimate of drug-likeness (QED) is 0.789. The molecular weight excluding hydrogens is 336 g/mol. The van der Waals surface area contributed by atoms with Gasteiger partial charge in [0.05, 0.1) is 23.2 Å². The molecule has 114 valence electrons. The fourth-order valence-electron chi connectivity index (χ4n) is 2.86. The number of benzene rings is 1. The highest BCUT2D eigenvalue weighted by Gasteiger charge is 2.18. The van der Waals surface area contributed by atoms with Crippen LogP contribution in [0.4, 0.5) is 0 Å². The monoisotopic (exact) mass is 354 g/mol. The first kappa shape index (κ1) is 14.8. The van der Waals surface area contributed by atoms with Crippen LogP contribution in [0.25, 0.3) is 11.0 Å². The maximum absolute atomic E-state index is 11.3. The molecule has 2 unspecified atom stereocenters. The SMILES string of the molecule is O=c1[nH]c2cc(Br)c(C(O)CCC3CCCCO3)cc2[nH]1. The maximum atomic E-state index is 11.3. The molecule has 1 saturated heterocycles. The first-order valence-corrected chi connectivity index (χ1v) is 8.14. The van der Waals surface area contributed by atoms with Gasteiger partial charge in [0.1, 0.15) is 0 Å². The number of aromatic nitrogens is 2. The van der Waals surface area contributed by atoms with Crippen molar-refractivity contribution in [2.75, 3.05) is 6.61 Å². The van der Waals surface area contributed by atoms with Crippen LogP contribution >= 0.6 is 15.9 Å². The Balaban J connectivity index is 1.72. The third-order valence-electron chi connectivity index (χ3n) is 4.03. The summed E-state index contributed by atoms with van der Waals surface area (Å²) in [5.74, 6) is 0. The maximum Gasteiger partial charge on any atom is 0.323 e. The Morgan fingerprint density at radius 1 is 1.33 bits per heavy atom. The lowest BCUT2D eigenvalue weighted by atomic mass is 9.99. The smallest absolute Gasteiger partial charge is 0.323 e. The molecule has 1 fully saturated rings. The van der Waals surface area contributed by atoms with Crippen LogP contribution in [0, 0.1) is 0 Å². The number of H-pyrrole nitrogens is 2. The van der Waals surface area contributed by atoms with Gasteiger partial charge < -0.3 is 19.8 Å². The van der Waals surface area contributed by atoms with Crippen molar-refractivity contribution < 1.29 is 9.84 Å². The summed E-state index contributed by atoms with van der Waals surface area (Å²) in [4.78, 5) is 16.7. The molecule has 1 aliphatic heterocycles. The number of imidazole rings is 1. The lowest BCUT2D eigenvalue weighted by Crippen LogP contribution is -2.19. The van der Waals surface area contributed by atoms with Crippen molar-refractivity contribution in [1.29, 1.82) is 0 Å². The summed E-state index contributed by atoms with van der Waals surface area (Å²) in [7, 11) is 0. The molecule has 3 rings (SSSR count). The molecule has 0 amide bonds. The van der Waals surface area contributed by atoms with Gasteiger partial charge in [0.2, 0.25) is 0 Å². The lowest BCUT2D eigenvalue weighted by Gasteiger charge is -2.23. The van der Waals surface area contributed by atoms with E-state index in [1.165, 1.54) is 6.42 Å². The van der Waals surface area contributed by atoms with E-state index in [4.69, 9.17) is 4.74 Å². The van der Waals surface area contributed by atoms with E-state index in [0.717, 1.165) is 41.4 Å². The molecule has 6 heteroatoms. The summed E-state index contributed by atoms with van der Waals surface area (Å²) in [6.45, 7) is 0.834. The summed E-state index contributed by atoms with van der Waals surface area (Å²) in [6, 6.07) is 3.65. The molecule has 2 atom stereocenters. The molecule has 2 heterocycles. The summed E-state index contributed by atoms with van der Waals surface area (Å²) in [5.41, 5.74) is 2.01. The third-order valence-corrected chi connectivity index (χ3v) is 4.72. The van der Waals surface area contributed by atoms with Gasteiger partial charge in [-0.05, 0) is 49.8 Å². The van der Waals surface area contributed by atoms with Crippen LogP contribution in [0.3, 0.4) is 0 Å². The van der Waals surface area contributed by atoms with Gasteiger partial charge in [-0.3, -0.25) is 0 Å². The fraction of sp³-hybridized carbons (Fsp3) is 0.533. The molecule has 1 aromatic carbocycles. The number of aliphatic hydroxyl groups excluding tert-OH is 1. The number of fused-ring (bicyclic) bond motifs is 1. The molecule has 0 saturated carbocycles. The Labute approximate surface area is 130 Å². The molecule has 2 aromatic rings. The second-order valence-electron chi connectivity index (χ2n) is 5.58. The van der Waals surface area contributed by atoms with Crippen LogP contribution in [-0.4, -0.2) is 27.8 Å². The minimum Gasteiger partial charge on any atom is -0.388 e. The van der Waals surface area contributed by atoms with Gasteiger partial charge in [0.25, 0.3) is 0 Å². The van der Waals surface area contributed by atoms with Gasteiger partial charge >= 0.3 is 5.69 Å². The number of aromatic amines is 2. The number of ether oxygens (including phenoxy) is 1. The van der Waals surface area contributed by atoms with Crippen molar-refractivity contribution in [3.05, 3.63) is 32.7 Å². The standard InChI is InChI=1S/C15H19BrN2O3/c16-11-8-13-12(17-15(20)18-13)7-10(11)14(19)5-4-9-3-1-2-6-21-9/h7-9,14,19H,1-6H2,(H2,17,18,20). The molecule has 21 heavy (non-hydrogen) atoms. The van der Waals surface area contributed by atoms with Crippen molar-refractivity contribution in [3.63, 3.8) is 0 Å². The van der Waals surface area contributed by atoms with E-state index >= 15 is 0 Å². The zero-order valence-electron chi connectivity index (χ0n) is 11.7. The number of hydrogen-bond acceptors (Lipinski definition) is 3. The second-order valence-corrected chi connectivity index (χ2v) is 6.43. The van der Waals surface area contributed by atoms with E-state index in [0.29, 0.717) is 11.9 Å². The number of aliphatic hydroxyl groups is 1. The summed E-state index contributed by atoms with van der Waals surface area (Å²) < 4.78 is 6.50. The predicted molar refractivity (Wildman–Crippen MR) is 84.4 cm³/mol. The third kappa shape index (κ3) is 3.39. The van der Waals surface area contributed by atoms with Gasteiger partial charge in [-0.25, -0.2) is 4.79 Å². The first-order valence-electron chi connectivity index (χ1n) is 7.34. The lowest BCUT2D eigenvalue weighted by molar-refractivity contribution is 0.00209. The molecule has 0 bridgehead atoms. The number of hydrogen-bond donors (Lipinski definition) is 3. The minimum absolute atomic E-state index is 0.237. The fourth-order valence-corrected chi connectivity index (χ4v) is 3.47. The molecule has 0 radical (unpaired) electrons. The number of rotatable bonds is 4. The Kier molecular flexibility index (Phi) is 4.47. The van der Waals surface area contributed by atoms with E-state index < -0.39 is 6.10 Å². The van der Waals surface area contributed by atoms with Gasteiger partial charge in [0, 0.05) is 11.1 Å². The van der Waals surface area contributed by atoms with Crippen molar-refractivity contribution in [1.82, 2.24) is 9.97 Å². The zero-order chi connectivity index (χ0) is 14.8. The highest BCUT2D eigenvalue weighted by atomic mass is 79.9. The summed E-state index contributed by atoms with van der Waals surface area (Å²) in [6.07, 6.45) is 4.65. The van der Waals surface area contributed by atoms with Crippen molar-refractivity contribution in [2.45, 2.75) is 44.3 Å². The molecule has 0 aliphatic carbocycles. The van der Waals surface area contributed by atoms with E-state index in [9.17, 15) is 9.90 Å². The molecule has 5 nitrogen and oxygen atoms in total. The van der Waals surface area contributed by atoms with Crippen molar-refractivity contribution >= 4 is 27.0 Å². The van der Waals surface area contributed by atoms with Crippen LogP contribution in [0.15, 0.2) is 21.4 Å². The van der Waals surface area contributed by atoms with Crippen LogP contribution in [0.1, 0.15) is 43.8 Å². The molecule has 0 spiro atoms. The van der Waals surface area contributed by atoms with Crippen molar-refractivity contribution in [2.24, 2.45) is 0 Å². The Hall–Kier alpha value is -1.11. The first-order chi connectivity index (χ1) is 10.1. The van der Waals surface area contributed by atoms with Crippen molar-refractivity contribution in [3.8, 4) is 0 Å². The van der Waals surface area contributed by atoms with Gasteiger partial charge in [-0.15, -0.1) is 0 Å². The highest BCUT2D eigenvalue weighted by Crippen LogP contribution is 2.30. The zero-order valence-corrected chi connectivity index (χ0v) is 13.3. The molecule has 1 aliphatic rings. The number of halogens is 1. The average Bonchev–Trinajstić information content (AvgIpc) is 2.84. The van der Waals surface area contributed by atoms with E-state index in [1.54, 1.807) is 0 Å². The Morgan fingerprint density at radius 3 is 2.81 bits per heavy atom. The minimum atomic E-state index is -0.562. The Bertz CT molecular complexity index is 673. The normalized spacial score (nSPS) is 20.8. The molecule has 1 aromatic heterocycles. The molecule has 3 N–H and O–H groups in total. The topological polar surface area (TPSA) is 78.1 Å². The average molecular weight is 355 g/mol. The predicted octanol–water partition coefficient (Wildman–Crippen LogP) is 3.00. The van der Waals surface area contributed by atoms with Crippen LogP contribution in [0.5, 0.6) is 0 Å². The largest absolute Gasteiger partial charge is 0.388 e.